The number of carbonyl (C=O) groups is 1. The standard InChI is InChI=1S/C17H14ClFN2O2S/c1-10(18)16(22)21-17-20-14-7-6-12(8-15(14)24-17)23-9-11-4-2-3-5-13(11)19/h2-8,10H,9H2,1H3,(H,20,21,22)/t10-/m1/s1. The van der Waals surface area contributed by atoms with E-state index in [4.69, 9.17) is 16.3 Å². The van der Waals surface area contributed by atoms with Crippen LogP contribution in [0.2, 0.25) is 0 Å². The fraction of sp³-hybridized carbons (Fsp3) is 0.176. The van der Waals surface area contributed by atoms with Crippen molar-refractivity contribution in [2.24, 2.45) is 0 Å². The van der Waals surface area contributed by atoms with Gasteiger partial charge in [0.1, 0.15) is 23.6 Å². The van der Waals surface area contributed by atoms with Gasteiger partial charge in [-0.3, -0.25) is 4.79 Å². The predicted octanol–water partition coefficient (Wildman–Crippen LogP) is 4.58. The highest BCUT2D eigenvalue weighted by molar-refractivity contribution is 7.22. The molecule has 0 spiro atoms. The second kappa shape index (κ2) is 7.15. The highest BCUT2D eigenvalue weighted by Crippen LogP contribution is 2.29. The zero-order valence-corrected chi connectivity index (χ0v) is 14.3. The Hall–Kier alpha value is -2.18. The summed E-state index contributed by atoms with van der Waals surface area (Å²) in [5.74, 6) is 0.0151. The van der Waals surface area contributed by atoms with Crippen LogP contribution < -0.4 is 10.1 Å². The van der Waals surface area contributed by atoms with Gasteiger partial charge in [0, 0.05) is 5.56 Å². The number of fused-ring (bicyclic) bond motifs is 1. The molecule has 7 heteroatoms. The summed E-state index contributed by atoms with van der Waals surface area (Å²) >= 11 is 7.05. The molecule has 24 heavy (non-hydrogen) atoms. The second-order valence-electron chi connectivity index (χ2n) is 5.13. The molecule has 0 saturated heterocycles. The molecule has 0 fully saturated rings. The van der Waals surface area contributed by atoms with E-state index in [0.717, 1.165) is 10.2 Å². The van der Waals surface area contributed by atoms with Gasteiger partial charge in [0.25, 0.3) is 0 Å². The summed E-state index contributed by atoms with van der Waals surface area (Å²) in [7, 11) is 0. The fourth-order valence-corrected chi connectivity index (χ4v) is 2.98. The molecule has 0 aliphatic carbocycles. The van der Waals surface area contributed by atoms with Gasteiger partial charge in [-0.2, -0.15) is 0 Å². The SMILES string of the molecule is C[C@@H](Cl)C(=O)Nc1nc2ccc(OCc3ccccc3F)cc2s1. The number of carbonyl (C=O) groups excluding carboxylic acids is 1. The molecule has 2 aromatic carbocycles. The van der Waals surface area contributed by atoms with E-state index < -0.39 is 5.38 Å². The number of anilines is 1. The molecule has 0 unspecified atom stereocenters. The topological polar surface area (TPSA) is 51.2 Å². The lowest BCUT2D eigenvalue weighted by atomic mass is 10.2. The Balaban J connectivity index is 1.74. The monoisotopic (exact) mass is 364 g/mol. The normalized spacial score (nSPS) is 12.1. The third-order valence-corrected chi connectivity index (χ3v) is 4.44. The number of benzene rings is 2. The number of hydrogen-bond acceptors (Lipinski definition) is 4. The Labute approximate surface area is 147 Å². The minimum atomic E-state index is -0.628. The molecule has 1 N–H and O–H groups in total. The first kappa shape index (κ1) is 16.7. The van der Waals surface area contributed by atoms with Crippen LogP contribution in [0.4, 0.5) is 9.52 Å². The molecule has 1 amide bonds. The van der Waals surface area contributed by atoms with Crippen molar-refractivity contribution < 1.29 is 13.9 Å². The number of aromatic nitrogens is 1. The molecule has 0 radical (unpaired) electrons. The van der Waals surface area contributed by atoms with Crippen LogP contribution in [-0.2, 0) is 11.4 Å². The quantitative estimate of drug-likeness (QED) is 0.674. The lowest BCUT2D eigenvalue weighted by Gasteiger charge is -2.06. The Bertz CT molecular complexity index is 882. The zero-order valence-electron chi connectivity index (χ0n) is 12.8. The van der Waals surface area contributed by atoms with Gasteiger partial charge >= 0.3 is 0 Å². The van der Waals surface area contributed by atoms with Gasteiger partial charge < -0.3 is 10.1 Å². The Kier molecular flexibility index (Phi) is 4.97. The van der Waals surface area contributed by atoms with Crippen molar-refractivity contribution in [3.8, 4) is 5.75 Å². The molecule has 0 aliphatic heterocycles. The number of halogens is 2. The van der Waals surface area contributed by atoms with E-state index in [9.17, 15) is 9.18 Å². The van der Waals surface area contributed by atoms with Crippen LogP contribution in [0.3, 0.4) is 0 Å². The van der Waals surface area contributed by atoms with Gasteiger partial charge in [-0.05, 0) is 31.2 Å². The van der Waals surface area contributed by atoms with Crippen molar-refractivity contribution in [3.05, 3.63) is 53.8 Å². The number of rotatable bonds is 5. The summed E-state index contributed by atoms with van der Waals surface area (Å²) in [6.45, 7) is 1.74. The van der Waals surface area contributed by atoms with E-state index in [2.05, 4.69) is 10.3 Å². The fourth-order valence-electron chi connectivity index (χ4n) is 2.03. The van der Waals surface area contributed by atoms with Crippen LogP contribution in [-0.4, -0.2) is 16.3 Å². The van der Waals surface area contributed by atoms with Crippen molar-refractivity contribution in [1.29, 1.82) is 0 Å². The van der Waals surface area contributed by atoms with Gasteiger partial charge in [0.2, 0.25) is 5.91 Å². The first-order chi connectivity index (χ1) is 11.5. The summed E-state index contributed by atoms with van der Waals surface area (Å²) in [6, 6.07) is 11.9. The third kappa shape index (κ3) is 3.83. The molecule has 124 valence electrons. The highest BCUT2D eigenvalue weighted by atomic mass is 35.5. The maximum atomic E-state index is 13.6. The molecule has 1 aromatic heterocycles. The molecule has 3 rings (SSSR count). The van der Waals surface area contributed by atoms with Crippen molar-refractivity contribution in [2.45, 2.75) is 18.9 Å². The van der Waals surface area contributed by atoms with Gasteiger partial charge in [0.15, 0.2) is 5.13 Å². The lowest BCUT2D eigenvalue weighted by molar-refractivity contribution is -0.115. The molecule has 0 saturated carbocycles. The Morgan fingerprint density at radius 1 is 1.38 bits per heavy atom. The number of hydrogen-bond donors (Lipinski definition) is 1. The van der Waals surface area contributed by atoms with E-state index in [1.807, 2.05) is 6.07 Å². The van der Waals surface area contributed by atoms with E-state index in [1.165, 1.54) is 17.4 Å². The van der Waals surface area contributed by atoms with Crippen molar-refractivity contribution in [3.63, 3.8) is 0 Å². The second-order valence-corrected chi connectivity index (χ2v) is 6.82. The van der Waals surface area contributed by atoms with Crippen LogP contribution in [0.25, 0.3) is 10.2 Å². The van der Waals surface area contributed by atoms with Gasteiger partial charge in [-0.25, -0.2) is 9.37 Å². The Morgan fingerprint density at radius 3 is 2.92 bits per heavy atom. The highest BCUT2D eigenvalue weighted by Gasteiger charge is 2.12. The number of alkyl halides is 1. The molecular formula is C17H14ClFN2O2S. The molecule has 1 heterocycles. The Morgan fingerprint density at radius 2 is 2.17 bits per heavy atom. The minimum Gasteiger partial charge on any atom is -0.489 e. The number of nitrogens with one attached hydrogen (secondary N) is 1. The van der Waals surface area contributed by atoms with Crippen molar-refractivity contribution in [1.82, 2.24) is 4.98 Å². The zero-order chi connectivity index (χ0) is 17.1. The van der Waals surface area contributed by atoms with Crippen LogP contribution >= 0.6 is 22.9 Å². The van der Waals surface area contributed by atoms with Crippen LogP contribution in [0.15, 0.2) is 42.5 Å². The molecule has 0 aliphatic rings. The average molecular weight is 365 g/mol. The molecule has 4 nitrogen and oxygen atoms in total. The van der Waals surface area contributed by atoms with Crippen LogP contribution in [0, 0.1) is 5.82 Å². The van der Waals surface area contributed by atoms with Gasteiger partial charge in [-0.15, -0.1) is 11.6 Å². The third-order valence-electron chi connectivity index (χ3n) is 3.30. The average Bonchev–Trinajstić information content (AvgIpc) is 2.95. The number of thiazole rings is 1. The van der Waals surface area contributed by atoms with Gasteiger partial charge in [0.05, 0.1) is 10.2 Å². The van der Waals surface area contributed by atoms with Crippen molar-refractivity contribution >= 4 is 44.2 Å². The summed E-state index contributed by atoms with van der Waals surface area (Å²) in [4.78, 5) is 15.9. The first-order valence-corrected chi connectivity index (χ1v) is 8.50. The summed E-state index contributed by atoms with van der Waals surface area (Å²) in [5, 5.41) is 2.51. The minimum absolute atomic E-state index is 0.143. The first-order valence-electron chi connectivity index (χ1n) is 7.24. The molecule has 0 bridgehead atoms. The number of nitrogens with zero attached hydrogens (tertiary/aromatic N) is 1. The van der Waals surface area contributed by atoms with E-state index in [0.29, 0.717) is 16.4 Å². The van der Waals surface area contributed by atoms with E-state index in [1.54, 1.807) is 37.3 Å². The lowest BCUT2D eigenvalue weighted by Crippen LogP contribution is -2.19. The molecular weight excluding hydrogens is 351 g/mol. The van der Waals surface area contributed by atoms with Crippen LogP contribution in [0.5, 0.6) is 5.75 Å². The van der Waals surface area contributed by atoms with Crippen LogP contribution in [0.1, 0.15) is 12.5 Å². The van der Waals surface area contributed by atoms with Gasteiger partial charge in [-0.1, -0.05) is 29.5 Å². The summed E-state index contributed by atoms with van der Waals surface area (Å²) in [5.41, 5.74) is 1.24. The smallest absolute Gasteiger partial charge is 0.243 e. The maximum absolute atomic E-state index is 13.6. The summed E-state index contributed by atoms with van der Waals surface area (Å²) < 4.78 is 20.1. The largest absolute Gasteiger partial charge is 0.489 e. The predicted molar refractivity (Wildman–Crippen MR) is 94.3 cm³/mol. The van der Waals surface area contributed by atoms with E-state index >= 15 is 0 Å². The number of ether oxygens (including phenoxy) is 1. The molecule has 1 atom stereocenters. The van der Waals surface area contributed by atoms with E-state index in [-0.39, 0.29) is 18.3 Å². The maximum Gasteiger partial charge on any atom is 0.243 e. The molecule has 3 aromatic rings. The summed E-state index contributed by atoms with van der Waals surface area (Å²) in [6.07, 6.45) is 0. The number of amides is 1. The van der Waals surface area contributed by atoms with Crippen molar-refractivity contribution in [2.75, 3.05) is 5.32 Å².